The third kappa shape index (κ3) is 3.13. The number of nitriles is 1. The van der Waals surface area contributed by atoms with Crippen LogP contribution in [0.4, 0.5) is 5.69 Å². The summed E-state index contributed by atoms with van der Waals surface area (Å²) in [6.07, 6.45) is 0. The van der Waals surface area contributed by atoms with Gasteiger partial charge in [-0.1, -0.05) is 23.2 Å². The van der Waals surface area contributed by atoms with Crippen LogP contribution in [0.25, 0.3) is 0 Å². The minimum atomic E-state index is -0.723. The van der Waals surface area contributed by atoms with Crippen molar-refractivity contribution < 1.29 is 9.72 Å². The van der Waals surface area contributed by atoms with Gasteiger partial charge in [-0.2, -0.15) is 5.26 Å². The number of hydrogen-bond donors (Lipinski definition) is 0. The van der Waals surface area contributed by atoms with Crippen molar-refractivity contribution in [2.75, 3.05) is 7.05 Å². The number of carbonyl (C=O) groups is 1. The normalized spacial score (nSPS) is 11.5. The van der Waals surface area contributed by atoms with E-state index in [0.29, 0.717) is 0 Å². The third-order valence-electron chi connectivity index (χ3n) is 2.54. The second-order valence-electron chi connectivity index (χ2n) is 3.77. The van der Waals surface area contributed by atoms with Crippen LogP contribution in [0.5, 0.6) is 0 Å². The highest BCUT2D eigenvalue weighted by atomic mass is 35.5. The van der Waals surface area contributed by atoms with Gasteiger partial charge in [0.2, 0.25) is 0 Å². The van der Waals surface area contributed by atoms with E-state index >= 15 is 0 Å². The van der Waals surface area contributed by atoms with E-state index in [-0.39, 0.29) is 15.6 Å². The molecule has 0 aliphatic carbocycles. The van der Waals surface area contributed by atoms with Gasteiger partial charge in [0.15, 0.2) is 0 Å². The van der Waals surface area contributed by atoms with Gasteiger partial charge in [-0.3, -0.25) is 14.9 Å². The predicted molar refractivity (Wildman–Crippen MR) is 70.3 cm³/mol. The van der Waals surface area contributed by atoms with Gasteiger partial charge in [0.25, 0.3) is 11.6 Å². The van der Waals surface area contributed by atoms with Gasteiger partial charge in [0.05, 0.1) is 16.0 Å². The van der Waals surface area contributed by atoms with Gasteiger partial charge in [0.1, 0.15) is 11.1 Å². The quantitative estimate of drug-likeness (QED) is 0.634. The van der Waals surface area contributed by atoms with E-state index in [1.165, 1.54) is 20.0 Å². The molecule has 1 rings (SSSR count). The van der Waals surface area contributed by atoms with Crippen LogP contribution in [0.2, 0.25) is 10.0 Å². The van der Waals surface area contributed by atoms with E-state index < -0.39 is 22.6 Å². The molecule has 0 N–H and O–H groups in total. The number of hydrogen-bond acceptors (Lipinski definition) is 4. The highest BCUT2D eigenvalue weighted by molar-refractivity contribution is 6.43. The van der Waals surface area contributed by atoms with Gasteiger partial charge < -0.3 is 4.90 Å². The lowest BCUT2D eigenvalue weighted by Crippen LogP contribution is -2.34. The molecule has 1 aromatic carbocycles. The predicted octanol–water partition coefficient (Wildman–Crippen LogP) is 2.89. The highest BCUT2D eigenvalue weighted by Crippen LogP contribution is 2.33. The summed E-state index contributed by atoms with van der Waals surface area (Å²) in [4.78, 5) is 23.3. The summed E-state index contributed by atoms with van der Waals surface area (Å²) in [5, 5.41) is 19.2. The van der Waals surface area contributed by atoms with Crippen LogP contribution >= 0.6 is 23.2 Å². The molecule has 1 aromatic rings. The van der Waals surface area contributed by atoms with Crippen molar-refractivity contribution in [2.24, 2.45) is 0 Å². The highest BCUT2D eigenvalue weighted by Gasteiger charge is 2.23. The van der Waals surface area contributed by atoms with Gasteiger partial charge >= 0.3 is 0 Å². The summed E-state index contributed by atoms with van der Waals surface area (Å²) >= 11 is 11.4. The van der Waals surface area contributed by atoms with Crippen LogP contribution in [-0.4, -0.2) is 28.8 Å². The van der Waals surface area contributed by atoms with Gasteiger partial charge in [-0.15, -0.1) is 0 Å². The molecule has 1 amide bonds. The van der Waals surface area contributed by atoms with E-state index in [9.17, 15) is 14.9 Å². The largest absolute Gasteiger partial charge is 0.326 e. The van der Waals surface area contributed by atoms with Crippen molar-refractivity contribution in [2.45, 2.75) is 13.0 Å². The lowest BCUT2D eigenvalue weighted by molar-refractivity contribution is -0.384. The molecule has 0 spiro atoms. The fourth-order valence-electron chi connectivity index (χ4n) is 1.30. The maximum atomic E-state index is 12.0. The number of halogens is 2. The molecule has 0 heterocycles. The average Bonchev–Trinajstić information content (AvgIpc) is 2.38. The molecular formula is C11H9Cl2N3O3. The van der Waals surface area contributed by atoms with E-state index in [1.807, 2.05) is 6.07 Å². The average molecular weight is 302 g/mol. The van der Waals surface area contributed by atoms with Crippen LogP contribution in [-0.2, 0) is 0 Å². The van der Waals surface area contributed by atoms with Gasteiger partial charge in [-0.25, -0.2) is 0 Å². The molecule has 6 nitrogen and oxygen atoms in total. The monoisotopic (exact) mass is 301 g/mol. The van der Waals surface area contributed by atoms with Crippen LogP contribution in [0, 0.1) is 21.4 Å². The Balaban J connectivity index is 3.26. The smallest absolute Gasteiger partial charge is 0.290 e. The first-order chi connectivity index (χ1) is 8.79. The van der Waals surface area contributed by atoms with Crippen molar-refractivity contribution in [3.63, 3.8) is 0 Å². The summed E-state index contributed by atoms with van der Waals surface area (Å²) in [6, 6.07) is 3.50. The summed E-state index contributed by atoms with van der Waals surface area (Å²) in [5.41, 5.74) is -0.443. The maximum Gasteiger partial charge on any atom is 0.290 e. The number of nitro groups is 1. The minimum absolute atomic E-state index is 0.00528. The molecule has 100 valence electrons. The summed E-state index contributed by atoms with van der Waals surface area (Å²) < 4.78 is 0. The number of nitro benzene ring substituents is 1. The Labute approximate surface area is 119 Å². The standard InChI is InChI=1S/C11H9Cl2N3O3/c1-6(5-14)15(2)11(17)7-3-8(12)10(13)9(4-7)16(18)19/h3-4,6H,1-2H3. The molecule has 0 aromatic heterocycles. The third-order valence-corrected chi connectivity index (χ3v) is 3.33. The van der Waals surface area contributed by atoms with Crippen molar-refractivity contribution in [3.05, 3.63) is 37.9 Å². The zero-order valence-electron chi connectivity index (χ0n) is 10.1. The van der Waals surface area contributed by atoms with E-state index in [4.69, 9.17) is 28.5 Å². The molecule has 1 unspecified atom stereocenters. The summed E-state index contributed by atoms with van der Waals surface area (Å²) in [7, 11) is 1.42. The summed E-state index contributed by atoms with van der Waals surface area (Å²) in [5.74, 6) is -0.546. The molecule has 0 saturated carbocycles. The van der Waals surface area contributed by atoms with E-state index in [2.05, 4.69) is 0 Å². The zero-order valence-corrected chi connectivity index (χ0v) is 11.6. The molecule has 8 heteroatoms. The number of nitrogens with zero attached hydrogens (tertiary/aromatic N) is 3. The minimum Gasteiger partial charge on any atom is -0.326 e. The number of benzene rings is 1. The van der Waals surface area contributed by atoms with Gasteiger partial charge in [0, 0.05) is 18.7 Å². The lowest BCUT2D eigenvalue weighted by Gasteiger charge is -2.19. The van der Waals surface area contributed by atoms with Crippen molar-refractivity contribution in [1.82, 2.24) is 4.90 Å². The second-order valence-corrected chi connectivity index (χ2v) is 4.55. The van der Waals surface area contributed by atoms with Crippen LogP contribution in [0.1, 0.15) is 17.3 Å². The Morgan fingerprint density at radius 3 is 2.58 bits per heavy atom. The first-order valence-electron chi connectivity index (χ1n) is 5.09. The molecule has 0 bridgehead atoms. The van der Waals surface area contributed by atoms with Crippen molar-refractivity contribution in [3.8, 4) is 6.07 Å². The molecule has 0 fully saturated rings. The number of rotatable bonds is 3. The Morgan fingerprint density at radius 2 is 2.11 bits per heavy atom. The second kappa shape index (κ2) is 5.87. The molecule has 0 aliphatic heterocycles. The van der Waals surface area contributed by atoms with Crippen LogP contribution in [0.15, 0.2) is 12.1 Å². The molecule has 1 atom stereocenters. The van der Waals surface area contributed by atoms with E-state index in [0.717, 1.165) is 11.0 Å². The SMILES string of the molecule is CC(C#N)N(C)C(=O)c1cc(Cl)c(Cl)c([N+](=O)[O-])c1. The Hall–Kier alpha value is -1.84. The maximum absolute atomic E-state index is 12.0. The van der Waals surface area contributed by atoms with Crippen molar-refractivity contribution in [1.29, 1.82) is 5.26 Å². The molecule has 19 heavy (non-hydrogen) atoms. The Kier molecular flexibility index (Phi) is 4.70. The van der Waals surface area contributed by atoms with Crippen molar-refractivity contribution >= 4 is 34.8 Å². The fraction of sp³-hybridized carbons (Fsp3) is 0.273. The van der Waals surface area contributed by atoms with Gasteiger partial charge in [-0.05, 0) is 13.0 Å². The summed E-state index contributed by atoms with van der Waals surface area (Å²) in [6.45, 7) is 1.53. The topological polar surface area (TPSA) is 87.2 Å². The molecule has 0 aliphatic rings. The van der Waals surface area contributed by atoms with Crippen LogP contribution < -0.4 is 0 Å². The first kappa shape index (κ1) is 15.2. The fourth-order valence-corrected chi connectivity index (χ4v) is 1.69. The molecule has 0 saturated heterocycles. The zero-order chi connectivity index (χ0) is 14.7. The molecular weight excluding hydrogens is 293 g/mol. The number of amides is 1. The number of carbonyl (C=O) groups excluding carboxylic acids is 1. The Bertz CT molecular complexity index is 583. The lowest BCUT2D eigenvalue weighted by atomic mass is 10.1. The van der Waals surface area contributed by atoms with E-state index in [1.54, 1.807) is 0 Å². The first-order valence-corrected chi connectivity index (χ1v) is 5.85. The molecule has 0 radical (unpaired) electrons. The van der Waals surface area contributed by atoms with Crippen LogP contribution in [0.3, 0.4) is 0 Å². The Morgan fingerprint density at radius 1 is 1.53 bits per heavy atom.